The molecule has 0 bridgehead atoms. The lowest BCUT2D eigenvalue weighted by atomic mass is 9.93. The fourth-order valence-corrected chi connectivity index (χ4v) is 2.98. The second-order valence-corrected chi connectivity index (χ2v) is 5.85. The van der Waals surface area contributed by atoms with Crippen molar-refractivity contribution in [1.29, 1.82) is 0 Å². The van der Waals surface area contributed by atoms with Crippen LogP contribution in [0.15, 0.2) is 36.4 Å². The van der Waals surface area contributed by atoms with E-state index in [1.165, 1.54) is 11.1 Å². The summed E-state index contributed by atoms with van der Waals surface area (Å²) in [5.74, 6) is -0.101. The molecule has 0 aliphatic heterocycles. The molecule has 0 radical (unpaired) electrons. The zero-order valence-electron chi connectivity index (χ0n) is 13.3. The van der Waals surface area contributed by atoms with Crippen LogP contribution in [0.4, 0.5) is 4.39 Å². The van der Waals surface area contributed by atoms with Gasteiger partial charge in [0.1, 0.15) is 5.82 Å². The highest BCUT2D eigenvalue weighted by molar-refractivity contribution is 5.34. The largest absolute Gasteiger partial charge is 0.313 e. The highest BCUT2D eigenvalue weighted by Gasteiger charge is 2.17. The first-order valence-corrected chi connectivity index (χ1v) is 7.50. The quantitative estimate of drug-likeness (QED) is 0.843. The van der Waals surface area contributed by atoms with Gasteiger partial charge >= 0.3 is 0 Å². The van der Waals surface area contributed by atoms with Crippen LogP contribution >= 0.6 is 0 Å². The van der Waals surface area contributed by atoms with E-state index in [1.807, 2.05) is 20.9 Å². The Hall–Kier alpha value is -1.67. The van der Waals surface area contributed by atoms with Crippen LogP contribution < -0.4 is 5.32 Å². The monoisotopic (exact) mass is 285 g/mol. The van der Waals surface area contributed by atoms with Crippen LogP contribution in [0.3, 0.4) is 0 Å². The van der Waals surface area contributed by atoms with E-state index < -0.39 is 0 Å². The van der Waals surface area contributed by atoms with E-state index in [1.54, 1.807) is 6.07 Å². The Morgan fingerprint density at radius 1 is 1.05 bits per heavy atom. The van der Waals surface area contributed by atoms with Crippen LogP contribution in [0, 0.1) is 26.6 Å². The van der Waals surface area contributed by atoms with E-state index in [2.05, 4.69) is 42.6 Å². The summed E-state index contributed by atoms with van der Waals surface area (Å²) in [5.41, 5.74) is 5.38. The Bertz CT molecular complexity index is 596. The molecule has 0 amide bonds. The first-order valence-electron chi connectivity index (χ1n) is 7.50. The van der Waals surface area contributed by atoms with Gasteiger partial charge < -0.3 is 5.32 Å². The molecule has 1 nitrogen and oxygen atoms in total. The average Bonchev–Trinajstić information content (AvgIpc) is 2.41. The van der Waals surface area contributed by atoms with Crippen molar-refractivity contribution in [2.24, 2.45) is 0 Å². The van der Waals surface area contributed by atoms with Gasteiger partial charge in [-0.15, -0.1) is 0 Å². The maximum absolute atomic E-state index is 14.3. The number of hydrogen-bond acceptors (Lipinski definition) is 1. The maximum atomic E-state index is 14.3. The summed E-state index contributed by atoms with van der Waals surface area (Å²) in [6, 6.07) is 12.2. The molecule has 2 aromatic rings. The summed E-state index contributed by atoms with van der Waals surface area (Å²) >= 11 is 0. The minimum atomic E-state index is -0.101. The van der Waals surface area contributed by atoms with Gasteiger partial charge in [-0.05, 0) is 63.4 Å². The molecule has 0 saturated carbocycles. The van der Waals surface area contributed by atoms with E-state index >= 15 is 0 Å². The molecule has 0 fully saturated rings. The number of nitrogens with one attached hydrogen (secondary N) is 1. The van der Waals surface area contributed by atoms with Gasteiger partial charge in [0.05, 0.1) is 0 Å². The Morgan fingerprint density at radius 3 is 2.43 bits per heavy atom. The zero-order chi connectivity index (χ0) is 15.4. The fraction of sp³-hybridized carbons (Fsp3) is 0.368. The maximum Gasteiger partial charge on any atom is 0.128 e. The van der Waals surface area contributed by atoms with E-state index in [0.717, 1.165) is 29.5 Å². The minimum Gasteiger partial charge on any atom is -0.313 e. The van der Waals surface area contributed by atoms with Crippen molar-refractivity contribution < 1.29 is 4.39 Å². The van der Waals surface area contributed by atoms with E-state index in [4.69, 9.17) is 0 Å². The summed E-state index contributed by atoms with van der Waals surface area (Å²) in [7, 11) is 1.90. The lowest BCUT2D eigenvalue weighted by Gasteiger charge is -2.20. The van der Waals surface area contributed by atoms with Crippen LogP contribution in [0.25, 0.3) is 0 Å². The fourth-order valence-electron chi connectivity index (χ4n) is 2.98. The Labute approximate surface area is 127 Å². The van der Waals surface area contributed by atoms with Crippen LogP contribution in [0.5, 0.6) is 0 Å². The van der Waals surface area contributed by atoms with Gasteiger partial charge in [0.15, 0.2) is 0 Å². The first-order chi connectivity index (χ1) is 10.0. The summed E-state index contributed by atoms with van der Waals surface area (Å²) in [6.45, 7) is 6.02. The first kappa shape index (κ1) is 15.7. The molecule has 2 rings (SSSR count). The normalized spacial score (nSPS) is 12.4. The van der Waals surface area contributed by atoms with Crippen LogP contribution in [0.1, 0.15) is 40.3 Å². The molecule has 0 saturated heterocycles. The van der Waals surface area contributed by atoms with Gasteiger partial charge in [0, 0.05) is 11.6 Å². The minimum absolute atomic E-state index is 0.0473. The molecule has 0 heterocycles. The van der Waals surface area contributed by atoms with Crippen molar-refractivity contribution in [2.75, 3.05) is 7.05 Å². The summed E-state index contributed by atoms with van der Waals surface area (Å²) in [6.07, 6.45) is 1.83. The van der Waals surface area contributed by atoms with Crippen molar-refractivity contribution in [2.45, 2.75) is 39.7 Å². The van der Waals surface area contributed by atoms with E-state index in [9.17, 15) is 4.39 Å². The van der Waals surface area contributed by atoms with Gasteiger partial charge in [0.25, 0.3) is 0 Å². The van der Waals surface area contributed by atoms with Gasteiger partial charge in [-0.2, -0.15) is 0 Å². The molecule has 1 atom stereocenters. The van der Waals surface area contributed by atoms with E-state index in [-0.39, 0.29) is 11.9 Å². The summed E-state index contributed by atoms with van der Waals surface area (Å²) < 4.78 is 14.3. The third-order valence-electron chi connectivity index (χ3n) is 3.98. The molecule has 0 aliphatic carbocycles. The molecule has 21 heavy (non-hydrogen) atoms. The van der Waals surface area contributed by atoms with Gasteiger partial charge in [-0.3, -0.25) is 0 Å². The lowest BCUT2D eigenvalue weighted by molar-refractivity contribution is 0.505. The van der Waals surface area contributed by atoms with Crippen molar-refractivity contribution in [3.8, 4) is 0 Å². The number of aryl methyl sites for hydroxylation is 4. The molecule has 2 heteroatoms. The molecule has 0 aliphatic rings. The second-order valence-electron chi connectivity index (χ2n) is 5.85. The molecule has 0 spiro atoms. The van der Waals surface area contributed by atoms with Crippen molar-refractivity contribution in [3.05, 3.63) is 70.0 Å². The van der Waals surface area contributed by atoms with Crippen molar-refractivity contribution >= 4 is 0 Å². The van der Waals surface area contributed by atoms with E-state index in [0.29, 0.717) is 0 Å². The number of rotatable bonds is 5. The number of benzene rings is 2. The van der Waals surface area contributed by atoms with Crippen molar-refractivity contribution in [3.63, 3.8) is 0 Å². The smallest absolute Gasteiger partial charge is 0.128 e. The average molecular weight is 285 g/mol. The zero-order valence-corrected chi connectivity index (χ0v) is 13.3. The Morgan fingerprint density at radius 2 is 1.81 bits per heavy atom. The highest BCUT2D eigenvalue weighted by Crippen LogP contribution is 2.26. The molecular formula is C19H24FN. The standard InChI is InChI=1S/C19H24FN/c1-13-6-5-7-16(11-13)8-9-18(21-4)19-15(3)10-14(2)12-17(19)20/h5-7,10-12,18,21H,8-9H2,1-4H3. The molecule has 0 aromatic heterocycles. The molecular weight excluding hydrogens is 261 g/mol. The number of hydrogen-bond donors (Lipinski definition) is 1. The summed E-state index contributed by atoms with van der Waals surface area (Å²) in [4.78, 5) is 0. The van der Waals surface area contributed by atoms with Crippen LogP contribution in [0.2, 0.25) is 0 Å². The van der Waals surface area contributed by atoms with Gasteiger partial charge in [-0.25, -0.2) is 4.39 Å². The summed E-state index contributed by atoms with van der Waals surface area (Å²) in [5, 5.41) is 3.26. The molecule has 1 unspecified atom stereocenters. The number of halogens is 1. The molecule has 1 N–H and O–H groups in total. The van der Waals surface area contributed by atoms with Gasteiger partial charge in [0.2, 0.25) is 0 Å². The second kappa shape index (κ2) is 6.86. The van der Waals surface area contributed by atoms with Crippen LogP contribution in [-0.4, -0.2) is 7.05 Å². The predicted octanol–water partition coefficient (Wildman–Crippen LogP) is 4.64. The Kier molecular flexibility index (Phi) is 5.13. The van der Waals surface area contributed by atoms with Gasteiger partial charge in [-0.1, -0.05) is 35.9 Å². The molecule has 112 valence electrons. The third kappa shape index (κ3) is 3.92. The molecule has 2 aromatic carbocycles. The van der Waals surface area contributed by atoms with Crippen LogP contribution in [-0.2, 0) is 6.42 Å². The topological polar surface area (TPSA) is 12.0 Å². The third-order valence-corrected chi connectivity index (χ3v) is 3.98. The SMILES string of the molecule is CNC(CCc1cccc(C)c1)c1c(C)cc(C)cc1F. The van der Waals surface area contributed by atoms with Crippen molar-refractivity contribution in [1.82, 2.24) is 5.32 Å². The lowest BCUT2D eigenvalue weighted by Crippen LogP contribution is -2.20. The predicted molar refractivity (Wildman–Crippen MR) is 87.2 cm³/mol. The Balaban J connectivity index is 2.17. The highest BCUT2D eigenvalue weighted by atomic mass is 19.1.